The van der Waals surface area contributed by atoms with Crippen LogP contribution in [0.5, 0.6) is 0 Å². The molecule has 0 aliphatic rings. The summed E-state index contributed by atoms with van der Waals surface area (Å²) in [6, 6.07) is 0.377. The SMILES string of the molecule is Cc1nc2nccnc2n1C(C)C. The lowest BCUT2D eigenvalue weighted by Crippen LogP contribution is -2.03. The van der Waals surface area contributed by atoms with E-state index in [0.717, 1.165) is 17.1 Å². The fraction of sp³-hybridized carbons (Fsp3) is 0.444. The topological polar surface area (TPSA) is 43.6 Å². The molecule has 2 aromatic heterocycles. The first-order valence-corrected chi connectivity index (χ1v) is 4.35. The van der Waals surface area contributed by atoms with Gasteiger partial charge in [-0.25, -0.2) is 15.0 Å². The fourth-order valence-corrected chi connectivity index (χ4v) is 1.55. The van der Waals surface area contributed by atoms with E-state index in [1.807, 2.05) is 6.92 Å². The van der Waals surface area contributed by atoms with E-state index in [9.17, 15) is 0 Å². The molecular formula is C9H12N4. The standard InChI is InChI=1S/C9H12N4/c1-6(2)13-7(3)12-8-9(13)11-5-4-10-8/h4-6H,1-3H3. The second-order valence-electron chi connectivity index (χ2n) is 3.33. The molecule has 0 amide bonds. The highest BCUT2D eigenvalue weighted by Gasteiger charge is 2.10. The molecule has 0 N–H and O–H groups in total. The zero-order valence-electron chi connectivity index (χ0n) is 8.02. The van der Waals surface area contributed by atoms with Gasteiger partial charge in [0.15, 0.2) is 11.3 Å². The van der Waals surface area contributed by atoms with Gasteiger partial charge in [-0.2, -0.15) is 0 Å². The Labute approximate surface area is 76.7 Å². The summed E-state index contributed by atoms with van der Waals surface area (Å²) in [5, 5.41) is 0. The molecule has 0 spiro atoms. The van der Waals surface area contributed by atoms with Crippen LogP contribution >= 0.6 is 0 Å². The predicted molar refractivity (Wildman–Crippen MR) is 50.4 cm³/mol. The molecule has 0 unspecified atom stereocenters. The van der Waals surface area contributed by atoms with Crippen LogP contribution in [0.4, 0.5) is 0 Å². The van der Waals surface area contributed by atoms with Crippen molar-refractivity contribution >= 4 is 11.3 Å². The van der Waals surface area contributed by atoms with Gasteiger partial charge in [-0.15, -0.1) is 0 Å². The van der Waals surface area contributed by atoms with Crippen molar-refractivity contribution in [2.75, 3.05) is 0 Å². The molecule has 2 rings (SSSR count). The molecule has 0 saturated heterocycles. The van der Waals surface area contributed by atoms with Crippen LogP contribution in [0.15, 0.2) is 12.4 Å². The van der Waals surface area contributed by atoms with Crippen LogP contribution in [0.3, 0.4) is 0 Å². The molecule has 0 aromatic carbocycles. The lowest BCUT2D eigenvalue weighted by atomic mass is 10.4. The molecular weight excluding hydrogens is 164 g/mol. The first-order valence-electron chi connectivity index (χ1n) is 4.35. The largest absolute Gasteiger partial charge is 0.309 e. The van der Waals surface area contributed by atoms with Crippen molar-refractivity contribution < 1.29 is 0 Å². The number of hydrogen-bond donors (Lipinski definition) is 0. The number of aryl methyl sites for hydroxylation is 1. The van der Waals surface area contributed by atoms with Crippen molar-refractivity contribution in [3.63, 3.8) is 0 Å². The van der Waals surface area contributed by atoms with Crippen LogP contribution in [0.2, 0.25) is 0 Å². The Hall–Kier alpha value is -1.45. The van der Waals surface area contributed by atoms with Gasteiger partial charge in [-0.3, -0.25) is 0 Å². The number of rotatable bonds is 1. The van der Waals surface area contributed by atoms with Gasteiger partial charge in [0, 0.05) is 18.4 Å². The summed E-state index contributed by atoms with van der Waals surface area (Å²) in [4.78, 5) is 12.7. The Morgan fingerprint density at radius 3 is 2.62 bits per heavy atom. The average Bonchev–Trinajstić information content (AvgIpc) is 2.39. The quantitative estimate of drug-likeness (QED) is 0.664. The van der Waals surface area contributed by atoms with Crippen molar-refractivity contribution in [1.82, 2.24) is 19.5 Å². The van der Waals surface area contributed by atoms with E-state index in [4.69, 9.17) is 0 Å². The first-order chi connectivity index (χ1) is 6.20. The summed E-state index contributed by atoms with van der Waals surface area (Å²) in [6.45, 7) is 6.20. The molecule has 13 heavy (non-hydrogen) atoms. The van der Waals surface area contributed by atoms with Gasteiger partial charge in [0.1, 0.15) is 5.82 Å². The maximum atomic E-state index is 4.32. The summed E-state index contributed by atoms with van der Waals surface area (Å²) in [5.74, 6) is 0.969. The lowest BCUT2D eigenvalue weighted by molar-refractivity contribution is 0.595. The third-order valence-electron chi connectivity index (χ3n) is 2.02. The van der Waals surface area contributed by atoms with Crippen molar-refractivity contribution in [3.8, 4) is 0 Å². The van der Waals surface area contributed by atoms with Crippen LogP contribution in [-0.4, -0.2) is 19.5 Å². The van der Waals surface area contributed by atoms with Crippen LogP contribution in [0.25, 0.3) is 11.3 Å². The molecule has 0 aliphatic carbocycles. The van der Waals surface area contributed by atoms with E-state index in [2.05, 4.69) is 33.4 Å². The summed E-state index contributed by atoms with van der Waals surface area (Å²) >= 11 is 0. The molecule has 0 radical (unpaired) electrons. The minimum atomic E-state index is 0.377. The highest BCUT2D eigenvalue weighted by atomic mass is 15.2. The molecule has 0 bridgehead atoms. The zero-order chi connectivity index (χ0) is 9.42. The van der Waals surface area contributed by atoms with E-state index in [1.165, 1.54) is 0 Å². The fourth-order valence-electron chi connectivity index (χ4n) is 1.55. The lowest BCUT2D eigenvalue weighted by Gasteiger charge is -2.08. The number of nitrogens with zero attached hydrogens (tertiary/aromatic N) is 4. The monoisotopic (exact) mass is 176 g/mol. The minimum absolute atomic E-state index is 0.377. The molecule has 4 nitrogen and oxygen atoms in total. The van der Waals surface area contributed by atoms with Crippen LogP contribution < -0.4 is 0 Å². The number of fused-ring (bicyclic) bond motifs is 1. The number of imidazole rings is 1. The predicted octanol–water partition coefficient (Wildman–Crippen LogP) is 1.72. The maximum Gasteiger partial charge on any atom is 0.197 e. The third kappa shape index (κ3) is 1.18. The van der Waals surface area contributed by atoms with E-state index in [-0.39, 0.29) is 0 Å². The van der Waals surface area contributed by atoms with Gasteiger partial charge in [-0.05, 0) is 20.8 Å². The van der Waals surface area contributed by atoms with E-state index >= 15 is 0 Å². The Balaban J connectivity index is 2.78. The first kappa shape index (κ1) is 8.16. The van der Waals surface area contributed by atoms with Gasteiger partial charge in [0.25, 0.3) is 0 Å². The van der Waals surface area contributed by atoms with Gasteiger partial charge < -0.3 is 4.57 Å². The summed E-state index contributed by atoms with van der Waals surface area (Å²) in [5.41, 5.74) is 1.60. The summed E-state index contributed by atoms with van der Waals surface area (Å²) < 4.78 is 2.09. The maximum absolute atomic E-state index is 4.32. The third-order valence-corrected chi connectivity index (χ3v) is 2.02. The van der Waals surface area contributed by atoms with E-state index < -0.39 is 0 Å². The molecule has 2 aromatic rings. The minimum Gasteiger partial charge on any atom is -0.309 e. The van der Waals surface area contributed by atoms with Crippen molar-refractivity contribution in [2.24, 2.45) is 0 Å². The van der Waals surface area contributed by atoms with Gasteiger partial charge in [-0.1, -0.05) is 0 Å². The second kappa shape index (κ2) is 2.80. The molecule has 0 aliphatic heterocycles. The van der Waals surface area contributed by atoms with Crippen molar-refractivity contribution in [2.45, 2.75) is 26.8 Å². The van der Waals surface area contributed by atoms with Crippen LogP contribution in [0.1, 0.15) is 25.7 Å². The molecule has 2 heterocycles. The Morgan fingerprint density at radius 2 is 1.92 bits per heavy atom. The van der Waals surface area contributed by atoms with Gasteiger partial charge >= 0.3 is 0 Å². The van der Waals surface area contributed by atoms with Crippen LogP contribution in [0, 0.1) is 6.92 Å². The van der Waals surface area contributed by atoms with Crippen molar-refractivity contribution in [1.29, 1.82) is 0 Å². The van der Waals surface area contributed by atoms with E-state index in [1.54, 1.807) is 12.4 Å². The summed E-state index contributed by atoms with van der Waals surface area (Å²) in [6.07, 6.45) is 3.36. The molecule has 0 fully saturated rings. The Morgan fingerprint density at radius 1 is 1.23 bits per heavy atom. The smallest absolute Gasteiger partial charge is 0.197 e. The molecule has 0 saturated carbocycles. The Kier molecular flexibility index (Phi) is 1.76. The average molecular weight is 176 g/mol. The van der Waals surface area contributed by atoms with Crippen molar-refractivity contribution in [3.05, 3.63) is 18.2 Å². The molecule has 4 heteroatoms. The Bertz CT molecular complexity index is 430. The van der Waals surface area contributed by atoms with Gasteiger partial charge in [0.2, 0.25) is 0 Å². The zero-order valence-corrected chi connectivity index (χ0v) is 8.02. The highest BCUT2D eigenvalue weighted by molar-refractivity contribution is 5.66. The second-order valence-corrected chi connectivity index (χ2v) is 3.33. The van der Waals surface area contributed by atoms with E-state index in [0.29, 0.717) is 6.04 Å². The van der Waals surface area contributed by atoms with Gasteiger partial charge in [0.05, 0.1) is 0 Å². The van der Waals surface area contributed by atoms with Crippen LogP contribution in [-0.2, 0) is 0 Å². The number of hydrogen-bond acceptors (Lipinski definition) is 3. The normalized spacial score (nSPS) is 11.4. The molecule has 0 atom stereocenters. The highest BCUT2D eigenvalue weighted by Crippen LogP contribution is 2.15. The number of aromatic nitrogens is 4. The molecule has 68 valence electrons. The summed E-state index contributed by atoms with van der Waals surface area (Å²) in [7, 11) is 0.